The number of carbonyl (C=O) groups excluding carboxylic acids is 2. The van der Waals surface area contributed by atoms with Gasteiger partial charge in [0.25, 0.3) is 0 Å². The first kappa shape index (κ1) is 15.7. The Kier molecular flexibility index (Phi) is 5.11. The fraction of sp³-hybridized carbons (Fsp3) is 0.429. The maximum atomic E-state index is 12.1. The van der Waals surface area contributed by atoms with E-state index in [1.54, 1.807) is 45.0 Å². The van der Waals surface area contributed by atoms with Crippen LogP contribution in [0.2, 0.25) is 0 Å². The average molecular weight is 329 g/mol. The molecule has 0 saturated carbocycles. The van der Waals surface area contributed by atoms with Crippen LogP contribution in [0.15, 0.2) is 28.7 Å². The Morgan fingerprint density at radius 1 is 1.11 bits per heavy atom. The Bertz CT molecular complexity index is 459. The number of halogens is 1. The minimum atomic E-state index is -1.06. The van der Waals surface area contributed by atoms with Gasteiger partial charge in [-0.05, 0) is 38.5 Å². The maximum absolute atomic E-state index is 12.1. The Morgan fingerprint density at radius 2 is 1.63 bits per heavy atom. The van der Waals surface area contributed by atoms with Gasteiger partial charge < -0.3 is 9.47 Å². The van der Waals surface area contributed by atoms with Crippen LogP contribution in [-0.4, -0.2) is 24.6 Å². The van der Waals surface area contributed by atoms with Crippen molar-refractivity contribution in [3.63, 3.8) is 0 Å². The maximum Gasteiger partial charge on any atom is 0.325 e. The first-order valence-corrected chi connectivity index (χ1v) is 6.60. The molecule has 1 rings (SSSR count). The topological polar surface area (TPSA) is 52.6 Å². The van der Waals surface area contributed by atoms with Gasteiger partial charge in [-0.15, -0.1) is 0 Å². The van der Waals surface area contributed by atoms with Gasteiger partial charge in [0.2, 0.25) is 0 Å². The van der Waals surface area contributed by atoms with Gasteiger partial charge in [-0.3, -0.25) is 9.59 Å². The minimum Gasteiger partial charge on any atom is -0.468 e. The molecule has 0 bridgehead atoms. The molecule has 0 N–H and O–H groups in total. The molecule has 0 heterocycles. The Balaban J connectivity index is 3.05. The van der Waals surface area contributed by atoms with E-state index in [2.05, 4.69) is 20.7 Å². The highest BCUT2D eigenvalue weighted by molar-refractivity contribution is 9.10. The van der Waals surface area contributed by atoms with Crippen molar-refractivity contribution in [2.45, 2.75) is 32.3 Å². The lowest BCUT2D eigenvalue weighted by atomic mass is 9.99. The zero-order valence-corrected chi connectivity index (χ0v) is 13.0. The first-order chi connectivity index (χ1) is 8.74. The molecule has 0 aromatic heterocycles. The summed E-state index contributed by atoms with van der Waals surface area (Å²) >= 11 is 3.30. The van der Waals surface area contributed by atoms with E-state index in [1.807, 2.05) is 0 Å². The van der Waals surface area contributed by atoms with Gasteiger partial charge in [-0.1, -0.05) is 28.1 Å². The summed E-state index contributed by atoms with van der Waals surface area (Å²) in [5.41, 5.74) is -0.108. The van der Waals surface area contributed by atoms with Gasteiger partial charge in [0, 0.05) is 4.47 Å². The van der Waals surface area contributed by atoms with E-state index in [9.17, 15) is 9.59 Å². The number of hydrogen-bond acceptors (Lipinski definition) is 4. The highest BCUT2D eigenvalue weighted by Gasteiger charge is 2.33. The fourth-order valence-electron chi connectivity index (χ4n) is 1.50. The van der Waals surface area contributed by atoms with E-state index in [4.69, 9.17) is 4.74 Å². The van der Waals surface area contributed by atoms with Gasteiger partial charge in [-0.25, -0.2) is 0 Å². The van der Waals surface area contributed by atoms with Crippen molar-refractivity contribution in [2.24, 2.45) is 0 Å². The number of hydrogen-bond donors (Lipinski definition) is 0. The summed E-state index contributed by atoms with van der Waals surface area (Å²) in [7, 11) is 1.25. The summed E-state index contributed by atoms with van der Waals surface area (Å²) in [5, 5.41) is 0. The number of rotatable bonds is 3. The molecular formula is C14H17BrO4. The summed E-state index contributed by atoms with van der Waals surface area (Å²) < 4.78 is 10.8. The Labute approximate surface area is 121 Å². The van der Waals surface area contributed by atoms with Gasteiger partial charge >= 0.3 is 11.9 Å². The minimum absolute atomic E-state index is 0.546. The summed E-state index contributed by atoms with van der Waals surface area (Å²) in [6.07, 6.45) is 0. The van der Waals surface area contributed by atoms with E-state index in [1.165, 1.54) is 7.11 Å². The molecule has 0 aliphatic heterocycles. The molecule has 0 saturated heterocycles. The number of benzene rings is 1. The van der Waals surface area contributed by atoms with Gasteiger partial charge in [0.05, 0.1) is 7.11 Å². The van der Waals surface area contributed by atoms with Gasteiger partial charge in [0.1, 0.15) is 5.60 Å². The molecular weight excluding hydrogens is 312 g/mol. The van der Waals surface area contributed by atoms with Crippen LogP contribution in [-0.2, 0) is 19.1 Å². The van der Waals surface area contributed by atoms with E-state index < -0.39 is 23.5 Å². The van der Waals surface area contributed by atoms with Gasteiger partial charge in [-0.2, -0.15) is 0 Å². The van der Waals surface area contributed by atoms with E-state index >= 15 is 0 Å². The zero-order chi connectivity index (χ0) is 14.6. The van der Waals surface area contributed by atoms with Crippen molar-refractivity contribution in [3.8, 4) is 0 Å². The highest BCUT2D eigenvalue weighted by atomic mass is 79.9. The van der Waals surface area contributed by atoms with Crippen molar-refractivity contribution in [3.05, 3.63) is 34.3 Å². The molecule has 4 nitrogen and oxygen atoms in total. The van der Waals surface area contributed by atoms with E-state index in [0.717, 1.165) is 4.47 Å². The van der Waals surface area contributed by atoms with Crippen molar-refractivity contribution in [1.29, 1.82) is 0 Å². The van der Waals surface area contributed by atoms with Crippen LogP contribution in [0.4, 0.5) is 0 Å². The highest BCUT2D eigenvalue weighted by Crippen LogP contribution is 2.23. The lowest BCUT2D eigenvalue weighted by molar-refractivity contribution is -0.163. The molecule has 0 spiro atoms. The fourth-order valence-corrected chi connectivity index (χ4v) is 1.77. The smallest absolute Gasteiger partial charge is 0.325 e. The molecule has 1 unspecified atom stereocenters. The number of methoxy groups -OCH3 is 1. The predicted octanol–water partition coefficient (Wildman–Crippen LogP) is 3.05. The molecule has 1 aromatic rings. The molecule has 0 amide bonds. The third-order valence-electron chi connectivity index (χ3n) is 2.28. The van der Waals surface area contributed by atoms with Gasteiger partial charge in [0.15, 0.2) is 5.92 Å². The summed E-state index contributed by atoms with van der Waals surface area (Å²) in [6, 6.07) is 6.90. The molecule has 5 heteroatoms. The van der Waals surface area contributed by atoms with E-state index in [0.29, 0.717) is 5.56 Å². The number of ether oxygens (including phenoxy) is 2. The van der Waals surface area contributed by atoms with E-state index in [-0.39, 0.29) is 0 Å². The second kappa shape index (κ2) is 6.19. The standard InChI is InChI=1S/C14H17BrO4/c1-14(2,3)19-13(17)11(12(16)18-4)9-5-7-10(15)8-6-9/h5-8,11H,1-4H3. The normalized spacial score (nSPS) is 12.7. The first-order valence-electron chi connectivity index (χ1n) is 5.81. The number of carbonyl (C=O) groups is 2. The third kappa shape index (κ3) is 4.67. The molecule has 0 aliphatic rings. The summed E-state index contributed by atoms with van der Waals surface area (Å²) in [6.45, 7) is 5.25. The molecule has 19 heavy (non-hydrogen) atoms. The van der Waals surface area contributed by atoms with Crippen LogP contribution in [0.25, 0.3) is 0 Å². The van der Waals surface area contributed by atoms with Crippen molar-refractivity contribution >= 4 is 27.9 Å². The molecule has 0 radical (unpaired) electrons. The van der Waals surface area contributed by atoms with Crippen LogP contribution in [0.1, 0.15) is 32.3 Å². The lowest BCUT2D eigenvalue weighted by Crippen LogP contribution is -2.32. The largest absolute Gasteiger partial charge is 0.468 e. The van der Waals surface area contributed by atoms with Crippen LogP contribution in [0.5, 0.6) is 0 Å². The third-order valence-corrected chi connectivity index (χ3v) is 2.81. The Morgan fingerprint density at radius 3 is 2.05 bits per heavy atom. The SMILES string of the molecule is COC(=O)C(C(=O)OC(C)(C)C)c1ccc(Br)cc1. The van der Waals surface area contributed by atoms with Crippen molar-refractivity contribution in [1.82, 2.24) is 0 Å². The quantitative estimate of drug-likeness (QED) is 0.632. The monoisotopic (exact) mass is 328 g/mol. The van der Waals surface area contributed by atoms with Crippen LogP contribution >= 0.6 is 15.9 Å². The zero-order valence-electron chi connectivity index (χ0n) is 11.4. The lowest BCUT2D eigenvalue weighted by Gasteiger charge is -2.23. The Hall–Kier alpha value is -1.36. The summed E-state index contributed by atoms with van der Waals surface area (Å²) in [4.78, 5) is 23.9. The van der Waals surface area contributed by atoms with Crippen LogP contribution < -0.4 is 0 Å². The van der Waals surface area contributed by atoms with Crippen LogP contribution in [0.3, 0.4) is 0 Å². The second-order valence-electron chi connectivity index (χ2n) is 5.04. The predicted molar refractivity (Wildman–Crippen MR) is 74.7 cm³/mol. The van der Waals surface area contributed by atoms with Crippen LogP contribution in [0, 0.1) is 0 Å². The number of esters is 2. The molecule has 104 valence electrons. The molecule has 1 aromatic carbocycles. The van der Waals surface area contributed by atoms with Crippen molar-refractivity contribution < 1.29 is 19.1 Å². The summed E-state index contributed by atoms with van der Waals surface area (Å²) in [5.74, 6) is -2.30. The molecule has 0 aliphatic carbocycles. The van der Waals surface area contributed by atoms with Crippen molar-refractivity contribution in [2.75, 3.05) is 7.11 Å². The molecule has 1 atom stereocenters. The molecule has 0 fully saturated rings. The second-order valence-corrected chi connectivity index (χ2v) is 5.96. The average Bonchev–Trinajstić information content (AvgIpc) is 2.29.